The van der Waals surface area contributed by atoms with Crippen molar-refractivity contribution in [1.29, 1.82) is 0 Å². The zero-order valence-corrected chi connectivity index (χ0v) is 7.14. The first-order valence-corrected chi connectivity index (χ1v) is 3.78. The van der Waals surface area contributed by atoms with E-state index in [1.807, 2.05) is 0 Å². The minimum Gasteiger partial charge on any atom is -0.545 e. The van der Waals surface area contributed by atoms with Crippen molar-refractivity contribution in [3.05, 3.63) is 36.7 Å². The first-order valence-electron chi connectivity index (χ1n) is 3.78. The molecule has 1 N–H and O–H groups in total. The zero-order chi connectivity index (χ0) is 10.4. The molecule has 0 radical (unpaired) electrons. The summed E-state index contributed by atoms with van der Waals surface area (Å²) >= 11 is 0. The molecule has 0 aliphatic carbocycles. The number of rotatable bonds is 3. The molecule has 0 saturated heterocycles. The van der Waals surface area contributed by atoms with Gasteiger partial charge in [-0.2, -0.15) is 0 Å². The summed E-state index contributed by atoms with van der Waals surface area (Å²) in [5, 5.41) is 12.4. The molecule has 0 bridgehead atoms. The van der Waals surface area contributed by atoms with Gasteiger partial charge in [-0.25, -0.2) is 0 Å². The molecule has 1 aromatic rings. The molecule has 72 valence electrons. The van der Waals surface area contributed by atoms with Gasteiger partial charge in [-0.1, -0.05) is 0 Å². The van der Waals surface area contributed by atoms with Gasteiger partial charge >= 0.3 is 0 Å². The average molecular weight is 191 g/mol. The molecule has 0 aliphatic heterocycles. The molecule has 1 amide bonds. The lowest BCUT2D eigenvalue weighted by Gasteiger charge is -1.99. The van der Waals surface area contributed by atoms with Crippen LogP contribution in [0.15, 0.2) is 36.7 Å². The van der Waals surface area contributed by atoms with Gasteiger partial charge in [0.15, 0.2) is 0 Å². The number of carboxylic acid groups (broad SMARTS) is 1. The zero-order valence-electron chi connectivity index (χ0n) is 7.14. The van der Waals surface area contributed by atoms with Gasteiger partial charge in [-0.15, -0.1) is 0 Å². The first-order chi connectivity index (χ1) is 6.68. The number of nitrogens with zero attached hydrogens (tertiary/aromatic N) is 1. The van der Waals surface area contributed by atoms with Crippen LogP contribution in [-0.2, 0) is 9.59 Å². The van der Waals surface area contributed by atoms with E-state index in [9.17, 15) is 14.7 Å². The van der Waals surface area contributed by atoms with E-state index in [1.54, 1.807) is 18.3 Å². The van der Waals surface area contributed by atoms with Crippen LogP contribution < -0.4 is 10.4 Å². The number of carboxylic acids is 1. The number of carbonyl (C=O) groups is 2. The van der Waals surface area contributed by atoms with Crippen molar-refractivity contribution in [2.45, 2.75) is 0 Å². The first kappa shape index (κ1) is 9.91. The Bertz CT molecular complexity index is 360. The van der Waals surface area contributed by atoms with E-state index in [0.717, 1.165) is 6.08 Å². The molecule has 0 fully saturated rings. The minimum atomic E-state index is -1.41. The second-order valence-electron chi connectivity index (χ2n) is 2.38. The van der Waals surface area contributed by atoms with Crippen molar-refractivity contribution >= 4 is 17.6 Å². The Morgan fingerprint density at radius 2 is 2.21 bits per heavy atom. The maximum atomic E-state index is 11.0. The lowest BCUT2D eigenvalue weighted by molar-refractivity contribution is -0.297. The molecule has 1 rings (SSSR count). The normalized spacial score (nSPS) is 10.0. The highest BCUT2D eigenvalue weighted by atomic mass is 16.4. The summed E-state index contributed by atoms with van der Waals surface area (Å²) in [7, 11) is 0. The Morgan fingerprint density at radius 3 is 2.79 bits per heavy atom. The number of anilines is 1. The number of hydrogen-bond donors (Lipinski definition) is 1. The quantitative estimate of drug-likeness (QED) is 0.642. The smallest absolute Gasteiger partial charge is 0.248 e. The number of aromatic nitrogens is 1. The predicted molar refractivity (Wildman–Crippen MR) is 47.0 cm³/mol. The van der Waals surface area contributed by atoms with E-state index in [-0.39, 0.29) is 0 Å². The Kier molecular flexibility index (Phi) is 3.37. The van der Waals surface area contributed by atoms with Crippen LogP contribution in [0.1, 0.15) is 0 Å². The third kappa shape index (κ3) is 3.48. The summed E-state index contributed by atoms with van der Waals surface area (Å²) in [5.74, 6) is -1.95. The van der Waals surface area contributed by atoms with Gasteiger partial charge in [0.25, 0.3) is 0 Å². The second kappa shape index (κ2) is 4.76. The predicted octanol–water partition coefficient (Wildman–Crippen LogP) is -0.674. The third-order valence-electron chi connectivity index (χ3n) is 1.30. The van der Waals surface area contributed by atoms with E-state index in [2.05, 4.69) is 10.3 Å². The highest BCUT2D eigenvalue weighted by molar-refractivity contribution is 6.01. The Morgan fingerprint density at radius 1 is 1.43 bits per heavy atom. The van der Waals surface area contributed by atoms with E-state index in [1.165, 1.54) is 6.20 Å². The third-order valence-corrected chi connectivity index (χ3v) is 1.30. The molecule has 1 aromatic heterocycles. The summed E-state index contributed by atoms with van der Waals surface area (Å²) in [6.07, 6.45) is 4.55. The van der Waals surface area contributed by atoms with Crippen LogP contribution in [-0.4, -0.2) is 16.9 Å². The van der Waals surface area contributed by atoms with Gasteiger partial charge in [0.05, 0.1) is 17.9 Å². The van der Waals surface area contributed by atoms with Crippen LogP contribution in [0.25, 0.3) is 0 Å². The number of nitrogens with one attached hydrogen (secondary N) is 1. The van der Waals surface area contributed by atoms with E-state index < -0.39 is 11.9 Å². The monoisotopic (exact) mass is 191 g/mol. The molecule has 14 heavy (non-hydrogen) atoms. The second-order valence-corrected chi connectivity index (χ2v) is 2.38. The maximum absolute atomic E-state index is 11.0. The maximum Gasteiger partial charge on any atom is 0.248 e. The Balaban J connectivity index is 2.54. The van der Waals surface area contributed by atoms with Crippen molar-refractivity contribution in [2.75, 3.05) is 5.32 Å². The average Bonchev–Trinajstić information content (AvgIpc) is 2.16. The van der Waals surface area contributed by atoms with Crippen LogP contribution >= 0.6 is 0 Å². The van der Waals surface area contributed by atoms with Gasteiger partial charge in [-0.05, 0) is 18.2 Å². The minimum absolute atomic E-state index is 0.500. The number of aliphatic carboxylic acids is 1. The summed E-state index contributed by atoms with van der Waals surface area (Å²) in [4.78, 5) is 24.7. The van der Waals surface area contributed by atoms with E-state index in [4.69, 9.17) is 0 Å². The molecular weight excluding hydrogens is 184 g/mol. The van der Waals surface area contributed by atoms with E-state index in [0.29, 0.717) is 11.8 Å². The molecule has 0 unspecified atom stereocenters. The fraction of sp³-hybridized carbons (Fsp3) is 0. The Hall–Kier alpha value is -2.17. The number of pyridine rings is 1. The largest absolute Gasteiger partial charge is 0.545 e. The van der Waals surface area contributed by atoms with Crippen molar-refractivity contribution in [3.8, 4) is 0 Å². The van der Waals surface area contributed by atoms with Gasteiger partial charge in [0, 0.05) is 12.3 Å². The molecule has 0 spiro atoms. The molecule has 0 atom stereocenters. The SMILES string of the molecule is O=C([O-])/C=C/C(=O)Nc1cccnc1. The summed E-state index contributed by atoms with van der Waals surface area (Å²) in [6, 6.07) is 3.29. The van der Waals surface area contributed by atoms with E-state index >= 15 is 0 Å². The lowest BCUT2D eigenvalue weighted by Crippen LogP contribution is -2.20. The van der Waals surface area contributed by atoms with Gasteiger partial charge in [-0.3, -0.25) is 9.78 Å². The van der Waals surface area contributed by atoms with Crippen molar-refractivity contribution in [3.63, 3.8) is 0 Å². The van der Waals surface area contributed by atoms with Crippen LogP contribution in [0.5, 0.6) is 0 Å². The molecule has 5 heteroatoms. The highest BCUT2D eigenvalue weighted by Crippen LogP contribution is 2.01. The van der Waals surface area contributed by atoms with Crippen molar-refractivity contribution in [1.82, 2.24) is 4.98 Å². The standard InChI is InChI=1S/C9H8N2O3/c12-8(3-4-9(13)14)11-7-2-1-5-10-6-7/h1-6H,(H,11,12)(H,13,14)/p-1/b4-3+. The molecule has 5 nitrogen and oxygen atoms in total. The van der Waals surface area contributed by atoms with Crippen LogP contribution in [0.2, 0.25) is 0 Å². The summed E-state index contributed by atoms with van der Waals surface area (Å²) in [5.41, 5.74) is 0.500. The fourth-order valence-electron chi connectivity index (χ4n) is 0.764. The number of carbonyl (C=O) groups excluding carboxylic acids is 2. The molecule has 0 saturated carbocycles. The van der Waals surface area contributed by atoms with Crippen molar-refractivity contribution in [2.24, 2.45) is 0 Å². The van der Waals surface area contributed by atoms with Crippen molar-refractivity contribution < 1.29 is 14.7 Å². The topological polar surface area (TPSA) is 82.1 Å². The number of hydrogen-bond acceptors (Lipinski definition) is 4. The molecule has 0 aliphatic rings. The summed E-state index contributed by atoms with van der Waals surface area (Å²) < 4.78 is 0. The van der Waals surface area contributed by atoms with Gasteiger partial charge < -0.3 is 15.2 Å². The molecule has 0 aromatic carbocycles. The van der Waals surface area contributed by atoms with Crippen LogP contribution in [0.3, 0.4) is 0 Å². The van der Waals surface area contributed by atoms with Crippen LogP contribution in [0.4, 0.5) is 5.69 Å². The highest BCUT2D eigenvalue weighted by Gasteiger charge is 1.95. The lowest BCUT2D eigenvalue weighted by atomic mass is 10.4. The molecule has 1 heterocycles. The molecular formula is C9H7N2O3-. The van der Waals surface area contributed by atoms with Gasteiger partial charge in [0.1, 0.15) is 0 Å². The van der Waals surface area contributed by atoms with Crippen LogP contribution in [0, 0.1) is 0 Å². The Labute approximate surface area is 80.1 Å². The fourth-order valence-corrected chi connectivity index (χ4v) is 0.764. The van der Waals surface area contributed by atoms with Gasteiger partial charge in [0.2, 0.25) is 5.91 Å². The summed E-state index contributed by atoms with van der Waals surface area (Å²) in [6.45, 7) is 0. The number of amides is 1.